The van der Waals surface area contributed by atoms with Gasteiger partial charge in [-0.25, -0.2) is 29.8 Å². The monoisotopic (exact) mass is 502 g/mol. The molecule has 35 heavy (non-hydrogen) atoms. The van der Waals surface area contributed by atoms with Crippen molar-refractivity contribution in [1.82, 2.24) is 9.80 Å². The highest BCUT2D eigenvalue weighted by atomic mass is 16.6. The zero-order valence-corrected chi connectivity index (χ0v) is 20.5. The van der Waals surface area contributed by atoms with Crippen molar-refractivity contribution in [3.8, 4) is 0 Å². The van der Waals surface area contributed by atoms with E-state index >= 15 is 0 Å². The second kappa shape index (κ2) is 11.3. The van der Waals surface area contributed by atoms with Crippen LogP contribution in [0.2, 0.25) is 0 Å². The summed E-state index contributed by atoms with van der Waals surface area (Å²) in [6.45, 7) is -0.644. The molecule has 4 atom stereocenters. The van der Waals surface area contributed by atoms with E-state index < -0.39 is 40.5 Å². The SMILES string of the molecule is O=C1N(CN2C(=O)[N+](O)(CCOC3CCCCC3)CC2O)C(O)C[N+]1(O)CCOC1CCCCC1. The molecular weight excluding hydrogens is 460 g/mol. The zero-order valence-electron chi connectivity index (χ0n) is 20.5. The Balaban J connectivity index is 1.28. The molecule has 2 heterocycles. The summed E-state index contributed by atoms with van der Waals surface area (Å²) in [5.74, 6) is 0. The maximum atomic E-state index is 13.0. The fraction of sp³-hybridized carbons (Fsp3) is 0.913. The minimum absolute atomic E-state index is 0.0160. The molecule has 2 aliphatic carbocycles. The largest absolute Gasteiger partial charge is 0.455 e. The van der Waals surface area contributed by atoms with Crippen LogP contribution in [0.3, 0.4) is 0 Å². The Morgan fingerprint density at radius 3 is 1.43 bits per heavy atom. The zero-order chi connectivity index (χ0) is 25.1. The Hall–Kier alpha value is -1.38. The van der Waals surface area contributed by atoms with Crippen molar-refractivity contribution >= 4 is 12.1 Å². The van der Waals surface area contributed by atoms with Gasteiger partial charge in [0, 0.05) is 0 Å². The maximum absolute atomic E-state index is 13.0. The van der Waals surface area contributed by atoms with Crippen LogP contribution in [0.5, 0.6) is 0 Å². The first kappa shape index (κ1) is 26.7. The average Bonchev–Trinajstić information content (AvgIpc) is 3.18. The van der Waals surface area contributed by atoms with E-state index in [1.165, 1.54) is 12.8 Å². The first-order valence-electron chi connectivity index (χ1n) is 13.1. The molecule has 2 saturated heterocycles. The van der Waals surface area contributed by atoms with Crippen molar-refractivity contribution in [2.75, 3.05) is 46.1 Å². The summed E-state index contributed by atoms with van der Waals surface area (Å²) < 4.78 is 9.60. The van der Waals surface area contributed by atoms with Crippen molar-refractivity contribution in [2.45, 2.75) is 88.9 Å². The van der Waals surface area contributed by atoms with Gasteiger partial charge in [0.2, 0.25) is 0 Å². The van der Waals surface area contributed by atoms with Gasteiger partial charge in [0.25, 0.3) is 0 Å². The van der Waals surface area contributed by atoms with E-state index in [4.69, 9.17) is 9.47 Å². The van der Waals surface area contributed by atoms with Crippen molar-refractivity contribution in [3.05, 3.63) is 0 Å². The Morgan fingerprint density at radius 1 is 0.686 bits per heavy atom. The molecule has 0 spiro atoms. The molecule has 12 nitrogen and oxygen atoms in total. The predicted molar refractivity (Wildman–Crippen MR) is 121 cm³/mol. The topological polar surface area (TPSA) is 140 Å². The van der Waals surface area contributed by atoms with Gasteiger partial charge < -0.3 is 19.7 Å². The van der Waals surface area contributed by atoms with Gasteiger partial charge in [-0.05, 0) is 25.7 Å². The molecule has 4 unspecified atom stereocenters. The number of carbonyl (C=O) groups excluding carboxylic acids is 2. The van der Waals surface area contributed by atoms with Crippen molar-refractivity contribution in [3.63, 3.8) is 0 Å². The Morgan fingerprint density at radius 2 is 1.06 bits per heavy atom. The molecule has 4 N–H and O–H groups in total. The molecular formula is C23H42N4O8+2. The lowest BCUT2D eigenvalue weighted by molar-refractivity contribution is -1.03. The molecule has 4 aliphatic rings. The van der Waals surface area contributed by atoms with Crippen LogP contribution < -0.4 is 0 Å². The number of amides is 4. The Kier molecular flexibility index (Phi) is 8.65. The number of aliphatic hydroxyl groups excluding tert-OH is 2. The highest BCUT2D eigenvalue weighted by molar-refractivity contribution is 5.71. The molecule has 0 bridgehead atoms. The molecule has 0 radical (unpaired) electrons. The molecule has 0 aromatic heterocycles. The third-order valence-corrected chi connectivity index (χ3v) is 7.89. The number of nitrogens with zero attached hydrogens (tertiary/aromatic N) is 4. The normalized spacial score (nSPS) is 35.4. The number of hydrogen-bond acceptors (Lipinski definition) is 8. The van der Waals surface area contributed by atoms with E-state index in [0.29, 0.717) is 0 Å². The van der Waals surface area contributed by atoms with Gasteiger partial charge in [-0.1, -0.05) is 47.8 Å². The highest BCUT2D eigenvalue weighted by Gasteiger charge is 2.57. The third kappa shape index (κ3) is 6.13. The van der Waals surface area contributed by atoms with Crippen LogP contribution in [0, 0.1) is 0 Å². The van der Waals surface area contributed by atoms with Gasteiger partial charge in [0.1, 0.15) is 19.8 Å². The van der Waals surface area contributed by atoms with Crippen molar-refractivity contribution in [2.24, 2.45) is 0 Å². The van der Waals surface area contributed by atoms with Crippen LogP contribution in [0.25, 0.3) is 0 Å². The van der Waals surface area contributed by atoms with Crippen LogP contribution in [0.1, 0.15) is 64.2 Å². The number of hydrogen-bond donors (Lipinski definition) is 4. The second-order valence-corrected chi connectivity index (χ2v) is 10.5. The Bertz CT molecular complexity index is 687. The number of rotatable bonds is 10. The van der Waals surface area contributed by atoms with Crippen LogP contribution >= 0.6 is 0 Å². The van der Waals surface area contributed by atoms with Gasteiger partial charge in [-0.15, -0.1) is 0 Å². The summed E-state index contributed by atoms with van der Waals surface area (Å²) in [6.07, 6.45) is 8.29. The third-order valence-electron chi connectivity index (χ3n) is 7.89. The minimum atomic E-state index is -1.34. The summed E-state index contributed by atoms with van der Waals surface area (Å²) in [6, 6.07) is -1.54. The molecule has 2 aliphatic heterocycles. The lowest BCUT2D eigenvalue weighted by Crippen LogP contribution is -2.54. The number of carbonyl (C=O) groups is 2. The fourth-order valence-electron chi connectivity index (χ4n) is 5.68. The van der Waals surface area contributed by atoms with E-state index in [0.717, 1.165) is 61.2 Å². The second-order valence-electron chi connectivity index (χ2n) is 10.5. The molecule has 2 saturated carbocycles. The summed E-state index contributed by atoms with van der Waals surface area (Å²) in [5.41, 5.74) is 0. The molecule has 4 amide bonds. The maximum Gasteiger partial charge on any atom is 0.455 e. The molecule has 4 fully saturated rings. The van der Waals surface area contributed by atoms with Crippen LogP contribution in [0.4, 0.5) is 9.59 Å². The van der Waals surface area contributed by atoms with E-state index in [1.807, 2.05) is 0 Å². The number of ether oxygens (including phenoxy) is 2. The number of urea groups is 2. The molecule has 0 aromatic carbocycles. The van der Waals surface area contributed by atoms with E-state index in [2.05, 4.69) is 0 Å². The van der Waals surface area contributed by atoms with Crippen LogP contribution in [0.15, 0.2) is 0 Å². The lowest BCUT2D eigenvalue weighted by Gasteiger charge is -2.27. The van der Waals surface area contributed by atoms with E-state index in [-0.39, 0.29) is 51.6 Å². The summed E-state index contributed by atoms with van der Waals surface area (Å²) in [4.78, 5) is 27.8. The smallest absolute Gasteiger partial charge is 0.372 e. The molecule has 200 valence electrons. The lowest BCUT2D eigenvalue weighted by atomic mass is 9.98. The van der Waals surface area contributed by atoms with Gasteiger partial charge in [-0.2, -0.15) is 0 Å². The van der Waals surface area contributed by atoms with E-state index in [9.17, 15) is 30.2 Å². The highest BCUT2D eigenvalue weighted by Crippen LogP contribution is 2.27. The number of quaternary nitrogens is 2. The first-order chi connectivity index (χ1) is 16.7. The minimum Gasteiger partial charge on any atom is -0.372 e. The fourth-order valence-corrected chi connectivity index (χ4v) is 5.68. The van der Waals surface area contributed by atoms with Crippen molar-refractivity contribution < 1.29 is 49.0 Å². The summed E-state index contributed by atoms with van der Waals surface area (Å²) in [5, 5.41) is 42.6. The predicted octanol–water partition coefficient (Wildman–Crippen LogP) is 1.56. The van der Waals surface area contributed by atoms with Gasteiger partial charge in [0.05, 0.1) is 25.4 Å². The van der Waals surface area contributed by atoms with Gasteiger partial charge in [0.15, 0.2) is 25.5 Å². The quantitative estimate of drug-likeness (QED) is 0.261. The Labute approximate surface area is 206 Å². The van der Waals surface area contributed by atoms with Gasteiger partial charge >= 0.3 is 12.1 Å². The standard InChI is InChI=1S/C23H42N4O8/c28-20-15-26(32,11-13-34-18-7-3-1-4-8-18)22(30)24(20)17-25-21(29)16-27(33,23(25)31)12-14-35-19-9-5-2-6-10-19/h18-21,28-29,32-33H,1-17H2/q+2. The summed E-state index contributed by atoms with van der Waals surface area (Å²) >= 11 is 0. The van der Waals surface area contributed by atoms with Crippen LogP contribution in [-0.4, -0.2) is 123 Å². The number of aliphatic hydroxyl groups is 2. The van der Waals surface area contributed by atoms with Gasteiger partial charge in [-0.3, -0.25) is 0 Å². The van der Waals surface area contributed by atoms with Crippen LogP contribution in [-0.2, 0) is 9.47 Å². The number of hydroxylamine groups is 6. The average molecular weight is 503 g/mol. The molecule has 0 aromatic rings. The van der Waals surface area contributed by atoms with E-state index in [1.54, 1.807) is 0 Å². The molecule has 12 heteroatoms. The molecule has 4 rings (SSSR count). The van der Waals surface area contributed by atoms with Crippen molar-refractivity contribution in [1.29, 1.82) is 0 Å². The first-order valence-corrected chi connectivity index (χ1v) is 13.1. The summed E-state index contributed by atoms with van der Waals surface area (Å²) in [7, 11) is 0.